The molecule has 32 heavy (non-hydrogen) atoms. The summed E-state index contributed by atoms with van der Waals surface area (Å²) in [5, 5.41) is 8.51. The van der Waals surface area contributed by atoms with Gasteiger partial charge in [-0.3, -0.25) is 9.59 Å². The van der Waals surface area contributed by atoms with Crippen molar-refractivity contribution < 1.29 is 27.3 Å². The molecule has 0 saturated carbocycles. The summed E-state index contributed by atoms with van der Waals surface area (Å²) in [6.07, 6.45) is -3.43. The maximum absolute atomic E-state index is 13.0. The summed E-state index contributed by atoms with van der Waals surface area (Å²) >= 11 is 0. The van der Waals surface area contributed by atoms with E-state index < -0.39 is 23.6 Å². The molecule has 3 aromatic rings. The summed E-state index contributed by atoms with van der Waals surface area (Å²) in [6, 6.07) is 4.65. The molecule has 2 amide bonds. The van der Waals surface area contributed by atoms with Crippen LogP contribution >= 0.6 is 0 Å². The predicted molar refractivity (Wildman–Crippen MR) is 106 cm³/mol. The standard InChI is InChI=1S/C19H18F3N7O3/c1-9-2-3-10(4-13(9)19(20,21)22)28-17(30)14-5-11(29-32-14)7-25-18(31)15-12(6-23)16(24)27-8-26-15/h2-5,8H,6-7,23H2,1H3,(H,25,31)(H,28,30)(H2,24,26,27). The number of alkyl halides is 3. The van der Waals surface area contributed by atoms with Crippen LogP contribution in [0.5, 0.6) is 0 Å². The molecule has 0 aliphatic heterocycles. The van der Waals surface area contributed by atoms with E-state index in [1.165, 1.54) is 25.1 Å². The minimum absolute atomic E-state index is 0.00120. The first-order valence-electron chi connectivity index (χ1n) is 9.12. The zero-order chi connectivity index (χ0) is 23.5. The number of nitrogens with zero attached hydrogens (tertiary/aromatic N) is 3. The second kappa shape index (κ2) is 9.01. The van der Waals surface area contributed by atoms with E-state index in [4.69, 9.17) is 16.0 Å². The number of carbonyl (C=O) groups is 2. The maximum atomic E-state index is 13.0. The summed E-state index contributed by atoms with van der Waals surface area (Å²) in [7, 11) is 0. The van der Waals surface area contributed by atoms with E-state index >= 15 is 0 Å². The Labute approximate surface area is 179 Å². The van der Waals surface area contributed by atoms with Crippen LogP contribution in [0, 0.1) is 6.92 Å². The van der Waals surface area contributed by atoms with Crippen molar-refractivity contribution in [3.05, 3.63) is 64.4 Å². The van der Waals surface area contributed by atoms with Crippen LogP contribution in [0.4, 0.5) is 24.7 Å². The van der Waals surface area contributed by atoms with Gasteiger partial charge in [0, 0.05) is 23.9 Å². The molecule has 0 unspecified atom stereocenters. The first-order valence-corrected chi connectivity index (χ1v) is 9.12. The van der Waals surface area contributed by atoms with Gasteiger partial charge < -0.3 is 26.6 Å². The number of carbonyl (C=O) groups excluding carboxylic acids is 2. The Kier molecular flexibility index (Phi) is 6.39. The summed E-state index contributed by atoms with van der Waals surface area (Å²) < 4.78 is 44.0. The molecule has 0 aliphatic rings. The Hall–Kier alpha value is -4.00. The number of nitrogens with two attached hydrogens (primary N) is 2. The van der Waals surface area contributed by atoms with Crippen molar-refractivity contribution in [1.29, 1.82) is 0 Å². The van der Waals surface area contributed by atoms with E-state index in [1.54, 1.807) is 0 Å². The number of aryl methyl sites for hydroxylation is 1. The Morgan fingerprint density at radius 3 is 2.59 bits per heavy atom. The predicted octanol–water partition coefficient (Wildman–Crippen LogP) is 2.02. The lowest BCUT2D eigenvalue weighted by atomic mass is 10.1. The monoisotopic (exact) mass is 449 g/mol. The highest BCUT2D eigenvalue weighted by Crippen LogP contribution is 2.33. The fraction of sp³-hybridized carbons (Fsp3) is 0.211. The van der Waals surface area contributed by atoms with Gasteiger partial charge in [-0.1, -0.05) is 11.2 Å². The van der Waals surface area contributed by atoms with Crippen molar-refractivity contribution in [3.63, 3.8) is 0 Å². The van der Waals surface area contributed by atoms with Crippen LogP contribution in [0.1, 0.15) is 43.4 Å². The Balaban J connectivity index is 1.66. The molecule has 1 aromatic carbocycles. The quantitative estimate of drug-likeness (QED) is 0.444. The third-order valence-corrected chi connectivity index (χ3v) is 4.41. The van der Waals surface area contributed by atoms with Crippen LogP contribution < -0.4 is 22.1 Å². The number of hydrogen-bond donors (Lipinski definition) is 4. The molecule has 2 heterocycles. The largest absolute Gasteiger partial charge is 0.416 e. The second-order valence-electron chi connectivity index (χ2n) is 6.64. The fourth-order valence-corrected chi connectivity index (χ4v) is 2.78. The molecule has 0 radical (unpaired) electrons. The Morgan fingerprint density at radius 1 is 1.16 bits per heavy atom. The molecular weight excluding hydrogens is 431 g/mol. The molecule has 0 saturated heterocycles. The van der Waals surface area contributed by atoms with Gasteiger partial charge in [0.15, 0.2) is 0 Å². The first kappa shape index (κ1) is 22.7. The molecule has 0 aliphatic carbocycles. The van der Waals surface area contributed by atoms with E-state index in [0.717, 1.165) is 12.4 Å². The van der Waals surface area contributed by atoms with Crippen molar-refractivity contribution in [2.45, 2.75) is 26.2 Å². The molecule has 0 fully saturated rings. The molecule has 0 spiro atoms. The maximum Gasteiger partial charge on any atom is 0.416 e. The fourth-order valence-electron chi connectivity index (χ4n) is 2.78. The molecule has 6 N–H and O–H groups in total. The van der Waals surface area contributed by atoms with E-state index in [2.05, 4.69) is 25.8 Å². The molecule has 13 heteroatoms. The smallest absolute Gasteiger partial charge is 0.383 e. The van der Waals surface area contributed by atoms with Crippen LogP contribution in [-0.2, 0) is 19.3 Å². The number of nitrogen functional groups attached to an aromatic ring is 1. The van der Waals surface area contributed by atoms with Gasteiger partial charge in [0.2, 0.25) is 5.76 Å². The zero-order valence-corrected chi connectivity index (χ0v) is 16.7. The number of amides is 2. The number of nitrogens with one attached hydrogen (secondary N) is 2. The average Bonchev–Trinajstić information content (AvgIpc) is 3.21. The Bertz CT molecular complexity index is 1160. The van der Waals surface area contributed by atoms with Gasteiger partial charge in [0.1, 0.15) is 23.5 Å². The van der Waals surface area contributed by atoms with Gasteiger partial charge >= 0.3 is 6.18 Å². The number of benzene rings is 1. The molecule has 2 aromatic heterocycles. The highest BCUT2D eigenvalue weighted by molar-refractivity contribution is 6.02. The van der Waals surface area contributed by atoms with Crippen molar-refractivity contribution in [2.75, 3.05) is 11.1 Å². The third-order valence-electron chi connectivity index (χ3n) is 4.41. The van der Waals surface area contributed by atoms with E-state index in [1.807, 2.05) is 0 Å². The van der Waals surface area contributed by atoms with Gasteiger partial charge in [0.05, 0.1) is 12.1 Å². The average molecular weight is 449 g/mol. The number of halogens is 3. The van der Waals surface area contributed by atoms with Gasteiger partial charge in [-0.2, -0.15) is 13.2 Å². The normalized spacial score (nSPS) is 11.3. The van der Waals surface area contributed by atoms with Crippen LogP contribution in [-0.4, -0.2) is 26.9 Å². The summed E-state index contributed by atoms with van der Waals surface area (Å²) in [5.74, 6) is -1.57. The second-order valence-corrected chi connectivity index (χ2v) is 6.64. The number of rotatable bonds is 6. The van der Waals surface area contributed by atoms with Crippen LogP contribution in [0.3, 0.4) is 0 Å². The molecule has 168 valence electrons. The lowest BCUT2D eigenvalue weighted by molar-refractivity contribution is -0.138. The SMILES string of the molecule is Cc1ccc(NC(=O)c2cc(CNC(=O)c3ncnc(N)c3CN)no2)cc1C(F)(F)F. The number of aromatic nitrogens is 3. The van der Waals surface area contributed by atoms with Gasteiger partial charge in [-0.05, 0) is 24.6 Å². The van der Waals surface area contributed by atoms with Crippen LogP contribution in [0.2, 0.25) is 0 Å². The molecule has 0 bridgehead atoms. The molecule has 0 atom stereocenters. The number of hydrogen-bond acceptors (Lipinski definition) is 8. The van der Waals surface area contributed by atoms with E-state index in [-0.39, 0.29) is 52.9 Å². The lowest BCUT2D eigenvalue weighted by Gasteiger charge is -2.12. The van der Waals surface area contributed by atoms with Crippen molar-refractivity contribution in [3.8, 4) is 0 Å². The Morgan fingerprint density at radius 2 is 1.91 bits per heavy atom. The lowest BCUT2D eigenvalue weighted by Crippen LogP contribution is -2.26. The highest BCUT2D eigenvalue weighted by Gasteiger charge is 2.32. The van der Waals surface area contributed by atoms with E-state index in [0.29, 0.717) is 0 Å². The minimum atomic E-state index is -4.56. The van der Waals surface area contributed by atoms with Crippen molar-refractivity contribution in [2.24, 2.45) is 5.73 Å². The molecule has 10 nitrogen and oxygen atoms in total. The van der Waals surface area contributed by atoms with Gasteiger partial charge in [0.25, 0.3) is 11.8 Å². The first-order chi connectivity index (χ1) is 15.1. The van der Waals surface area contributed by atoms with Crippen molar-refractivity contribution in [1.82, 2.24) is 20.4 Å². The summed E-state index contributed by atoms with van der Waals surface area (Å²) in [6.45, 7) is 1.16. The van der Waals surface area contributed by atoms with E-state index in [9.17, 15) is 22.8 Å². The summed E-state index contributed by atoms with van der Waals surface area (Å²) in [4.78, 5) is 32.3. The minimum Gasteiger partial charge on any atom is -0.383 e. The number of anilines is 2. The zero-order valence-electron chi connectivity index (χ0n) is 16.7. The third kappa shape index (κ3) is 5.00. The van der Waals surface area contributed by atoms with Gasteiger partial charge in [-0.15, -0.1) is 0 Å². The van der Waals surface area contributed by atoms with Gasteiger partial charge in [-0.25, -0.2) is 9.97 Å². The van der Waals surface area contributed by atoms with Crippen molar-refractivity contribution >= 4 is 23.3 Å². The highest BCUT2D eigenvalue weighted by atomic mass is 19.4. The van der Waals surface area contributed by atoms with Crippen LogP contribution in [0.15, 0.2) is 35.1 Å². The molecular formula is C19H18F3N7O3. The summed E-state index contributed by atoms with van der Waals surface area (Å²) in [5.41, 5.74) is 10.8. The van der Waals surface area contributed by atoms with Crippen LogP contribution in [0.25, 0.3) is 0 Å². The topological polar surface area (TPSA) is 162 Å². The molecule has 3 rings (SSSR count).